The molecule has 0 aromatic rings. The van der Waals surface area contributed by atoms with E-state index < -0.39 is 112 Å². The van der Waals surface area contributed by atoms with E-state index >= 15 is 0 Å². The van der Waals surface area contributed by atoms with E-state index in [2.05, 4.69) is 0 Å². The predicted octanol–water partition coefficient (Wildman–Crippen LogP) is -7.57. The molecular weight excluding hydrogens is 472 g/mol. The van der Waals surface area contributed by atoms with Crippen LogP contribution in [0.25, 0.3) is 0 Å². The van der Waals surface area contributed by atoms with Crippen molar-refractivity contribution in [2.75, 3.05) is 33.0 Å². The number of rotatable bonds is 9. The van der Waals surface area contributed by atoms with Crippen LogP contribution in [-0.4, -0.2) is 168 Å². The highest BCUT2D eigenvalue weighted by atomic mass is 16.8. The number of hydrogen-bond acceptors (Lipinski definition) is 16. The highest BCUT2D eigenvalue weighted by Crippen LogP contribution is 2.39. The van der Waals surface area contributed by atoms with Crippen molar-refractivity contribution < 1.29 is 79.9 Å². The van der Waals surface area contributed by atoms with Gasteiger partial charge >= 0.3 is 0 Å². The zero-order chi connectivity index (χ0) is 25.4. The third kappa shape index (κ3) is 4.59. The minimum absolute atomic E-state index is 0.760. The SMILES string of the molecule is OC[C@H]1O[C@@](CO)(O[C@H]2O[C@H](CO)[C@@H](O)[C@H](O[C@]3(CO)O[C@H](CO)[C@@H](O)[C@@H]3O)[C@H]2O)[C@@H](O)[C@@H]1O. The monoisotopic (exact) mass is 504 g/mol. The first-order valence-corrected chi connectivity index (χ1v) is 10.5. The summed E-state index contributed by atoms with van der Waals surface area (Å²) in [5, 5.41) is 110. The van der Waals surface area contributed by atoms with Crippen molar-refractivity contribution in [3.05, 3.63) is 0 Å². The Morgan fingerprint density at radius 2 is 1.00 bits per heavy atom. The van der Waals surface area contributed by atoms with Crippen LogP contribution in [0.4, 0.5) is 0 Å². The molecule has 0 saturated carbocycles. The molecule has 0 radical (unpaired) electrons. The van der Waals surface area contributed by atoms with Crippen LogP contribution in [0, 0.1) is 0 Å². The summed E-state index contributed by atoms with van der Waals surface area (Å²) in [6.07, 6.45) is -19.1. The van der Waals surface area contributed by atoms with Gasteiger partial charge in [0.05, 0.1) is 19.8 Å². The molecule has 0 aliphatic carbocycles. The second-order valence-corrected chi connectivity index (χ2v) is 8.40. The molecule has 3 rings (SSSR count). The van der Waals surface area contributed by atoms with Gasteiger partial charge in [-0.2, -0.15) is 0 Å². The van der Waals surface area contributed by atoms with Crippen molar-refractivity contribution in [3.8, 4) is 0 Å². The first-order chi connectivity index (χ1) is 16.0. The summed E-state index contributed by atoms with van der Waals surface area (Å²) in [6.45, 7) is -4.57. The van der Waals surface area contributed by atoms with E-state index in [9.17, 15) is 56.2 Å². The molecule has 16 heteroatoms. The van der Waals surface area contributed by atoms with Gasteiger partial charge in [0, 0.05) is 0 Å². The fourth-order valence-electron chi connectivity index (χ4n) is 4.26. The lowest BCUT2D eigenvalue weighted by Crippen LogP contribution is -2.66. The molecular formula is C18H32O16. The summed E-state index contributed by atoms with van der Waals surface area (Å²) < 4.78 is 26.7. The van der Waals surface area contributed by atoms with Gasteiger partial charge in [-0.05, 0) is 0 Å². The zero-order valence-corrected chi connectivity index (χ0v) is 17.8. The molecule has 200 valence electrons. The molecule has 3 aliphatic rings. The summed E-state index contributed by atoms with van der Waals surface area (Å²) in [7, 11) is 0. The third-order valence-electron chi connectivity index (χ3n) is 6.29. The van der Waals surface area contributed by atoms with Crippen LogP contribution in [0.15, 0.2) is 0 Å². The summed E-state index contributed by atoms with van der Waals surface area (Å²) in [4.78, 5) is 0. The Morgan fingerprint density at radius 3 is 1.38 bits per heavy atom. The Balaban J connectivity index is 1.87. The van der Waals surface area contributed by atoms with Gasteiger partial charge in [-0.25, -0.2) is 0 Å². The lowest BCUT2D eigenvalue weighted by atomic mass is 9.97. The summed E-state index contributed by atoms with van der Waals surface area (Å²) in [5.41, 5.74) is 0. The Labute approximate surface area is 192 Å². The Kier molecular flexibility index (Phi) is 8.85. The third-order valence-corrected chi connectivity index (χ3v) is 6.29. The molecule has 3 heterocycles. The van der Waals surface area contributed by atoms with Crippen LogP contribution >= 0.6 is 0 Å². The van der Waals surface area contributed by atoms with Crippen molar-refractivity contribution in [2.45, 2.75) is 78.9 Å². The lowest BCUT2D eigenvalue weighted by molar-refractivity contribution is -0.403. The first kappa shape index (κ1) is 27.9. The van der Waals surface area contributed by atoms with E-state index in [1.807, 2.05) is 0 Å². The number of aliphatic hydroxyl groups excluding tert-OH is 11. The normalized spacial score (nSPS) is 51.8. The molecule has 0 amide bonds. The fourth-order valence-corrected chi connectivity index (χ4v) is 4.26. The Hall–Kier alpha value is -0.640. The van der Waals surface area contributed by atoms with Gasteiger partial charge in [-0.3, -0.25) is 0 Å². The van der Waals surface area contributed by atoms with Crippen molar-refractivity contribution in [2.24, 2.45) is 0 Å². The number of aliphatic hydroxyl groups is 11. The molecule has 0 aromatic heterocycles. The van der Waals surface area contributed by atoms with E-state index in [1.54, 1.807) is 0 Å². The topological polar surface area (TPSA) is 269 Å². The average Bonchev–Trinajstić information content (AvgIpc) is 3.23. The van der Waals surface area contributed by atoms with E-state index in [0.29, 0.717) is 0 Å². The van der Waals surface area contributed by atoms with Crippen molar-refractivity contribution in [3.63, 3.8) is 0 Å². The molecule has 3 aliphatic heterocycles. The highest BCUT2D eigenvalue weighted by Gasteiger charge is 2.61. The maximum Gasteiger partial charge on any atom is 0.224 e. The van der Waals surface area contributed by atoms with Crippen molar-refractivity contribution in [1.29, 1.82) is 0 Å². The quantitative estimate of drug-likeness (QED) is 0.139. The van der Waals surface area contributed by atoms with E-state index in [1.165, 1.54) is 0 Å². The van der Waals surface area contributed by atoms with E-state index in [4.69, 9.17) is 23.7 Å². The summed E-state index contributed by atoms with van der Waals surface area (Å²) >= 11 is 0. The second-order valence-electron chi connectivity index (χ2n) is 8.40. The van der Waals surface area contributed by atoms with Crippen molar-refractivity contribution in [1.82, 2.24) is 0 Å². The first-order valence-electron chi connectivity index (χ1n) is 10.5. The number of hydrogen-bond donors (Lipinski definition) is 11. The average molecular weight is 504 g/mol. The molecule has 13 atom stereocenters. The van der Waals surface area contributed by atoms with Crippen LogP contribution in [0.3, 0.4) is 0 Å². The molecule has 3 saturated heterocycles. The van der Waals surface area contributed by atoms with Crippen LogP contribution in [0.1, 0.15) is 0 Å². The van der Waals surface area contributed by atoms with E-state index in [0.717, 1.165) is 0 Å². The molecule has 16 nitrogen and oxygen atoms in total. The lowest BCUT2D eigenvalue weighted by Gasteiger charge is -2.47. The smallest absolute Gasteiger partial charge is 0.224 e. The van der Waals surface area contributed by atoms with E-state index in [-0.39, 0.29) is 0 Å². The molecule has 0 spiro atoms. The second kappa shape index (κ2) is 10.8. The fraction of sp³-hybridized carbons (Fsp3) is 1.00. The van der Waals surface area contributed by atoms with Gasteiger partial charge in [-0.1, -0.05) is 0 Å². The predicted molar refractivity (Wildman–Crippen MR) is 101 cm³/mol. The molecule has 0 aromatic carbocycles. The van der Waals surface area contributed by atoms with Crippen LogP contribution in [0.2, 0.25) is 0 Å². The molecule has 3 fully saturated rings. The molecule has 0 bridgehead atoms. The highest BCUT2D eigenvalue weighted by molar-refractivity contribution is 5.01. The molecule has 34 heavy (non-hydrogen) atoms. The molecule has 11 N–H and O–H groups in total. The Bertz CT molecular complexity index is 670. The van der Waals surface area contributed by atoms with Gasteiger partial charge in [-0.15, -0.1) is 0 Å². The van der Waals surface area contributed by atoms with Gasteiger partial charge in [0.1, 0.15) is 74.3 Å². The van der Waals surface area contributed by atoms with Crippen LogP contribution in [0.5, 0.6) is 0 Å². The van der Waals surface area contributed by atoms with Gasteiger partial charge in [0.2, 0.25) is 11.6 Å². The minimum Gasteiger partial charge on any atom is -0.394 e. The van der Waals surface area contributed by atoms with Gasteiger partial charge in [0.15, 0.2) is 6.29 Å². The minimum atomic E-state index is -2.42. The van der Waals surface area contributed by atoms with Gasteiger partial charge in [0.25, 0.3) is 0 Å². The molecule has 0 unspecified atom stereocenters. The van der Waals surface area contributed by atoms with Gasteiger partial charge < -0.3 is 79.9 Å². The largest absolute Gasteiger partial charge is 0.394 e. The zero-order valence-electron chi connectivity index (χ0n) is 17.8. The Morgan fingerprint density at radius 1 is 0.559 bits per heavy atom. The van der Waals surface area contributed by atoms with Crippen molar-refractivity contribution >= 4 is 0 Å². The maximum absolute atomic E-state index is 10.8. The van der Waals surface area contributed by atoms with Crippen LogP contribution < -0.4 is 0 Å². The standard InChI is InChI=1S/C18H32O16/c19-1-6-9(24)13(33-17(4-22)14(28)10(25)7(2-20)31-17)12(27)16(30-6)34-18(5-23)15(29)11(26)8(3-21)32-18/h6-16,19-29H,1-5H2/t6-,7-,8-,9-,10-,11-,12-,13+,14+,15+,16-,17+,18+/m1/s1. The summed E-state index contributed by atoms with van der Waals surface area (Å²) in [5.74, 6) is -4.82. The maximum atomic E-state index is 10.8. The number of ether oxygens (including phenoxy) is 5. The summed E-state index contributed by atoms with van der Waals surface area (Å²) in [6, 6.07) is 0. The van der Waals surface area contributed by atoms with Crippen LogP contribution in [-0.2, 0) is 23.7 Å².